The molecule has 0 aliphatic carbocycles. The van der Waals surface area contributed by atoms with E-state index in [0.29, 0.717) is 13.0 Å². The summed E-state index contributed by atoms with van der Waals surface area (Å²) in [4.78, 5) is 12.0. The molecule has 0 aromatic carbocycles. The van der Waals surface area contributed by atoms with Crippen LogP contribution in [0.3, 0.4) is 0 Å². The van der Waals surface area contributed by atoms with E-state index in [2.05, 4.69) is 20.8 Å². The lowest BCUT2D eigenvalue weighted by molar-refractivity contribution is -0.143. The second kappa shape index (κ2) is 40.6. The van der Waals surface area contributed by atoms with Crippen LogP contribution in [-0.2, 0) is 9.53 Å². The fourth-order valence-corrected chi connectivity index (χ4v) is 6.91. The van der Waals surface area contributed by atoms with E-state index in [4.69, 9.17) is 4.74 Å². The van der Waals surface area contributed by atoms with Crippen LogP contribution in [-0.4, -0.2) is 12.6 Å². The molecule has 0 saturated heterocycles. The van der Waals surface area contributed by atoms with Gasteiger partial charge in [-0.2, -0.15) is 0 Å². The Balaban J connectivity index is 3.14. The number of carbonyl (C=O) groups excluding carboxylic acids is 1. The summed E-state index contributed by atoms with van der Waals surface area (Å²) in [6, 6.07) is 0. The number of carbonyl (C=O) groups is 1. The van der Waals surface area contributed by atoms with E-state index >= 15 is 0 Å². The zero-order chi connectivity index (χ0) is 33.4. The molecular weight excluding hydrogens is 560 g/mol. The van der Waals surface area contributed by atoms with Crippen molar-refractivity contribution < 1.29 is 9.53 Å². The largest absolute Gasteiger partial charge is 0.466 e. The molecule has 0 heterocycles. The van der Waals surface area contributed by atoms with Crippen molar-refractivity contribution in [2.45, 2.75) is 265 Å². The molecule has 0 spiro atoms. The van der Waals surface area contributed by atoms with Crippen molar-refractivity contribution in [3.63, 3.8) is 0 Å². The van der Waals surface area contributed by atoms with Crippen LogP contribution >= 0.6 is 0 Å². The van der Waals surface area contributed by atoms with E-state index in [9.17, 15) is 4.79 Å². The Kier molecular flexibility index (Phi) is 40.2. The van der Waals surface area contributed by atoms with Crippen molar-refractivity contribution in [2.75, 3.05) is 6.61 Å². The first-order chi connectivity index (χ1) is 22.7. The third kappa shape index (κ3) is 41.5. The van der Waals surface area contributed by atoms with Gasteiger partial charge < -0.3 is 4.74 Å². The number of hydrogen-bond acceptors (Lipinski definition) is 2. The second-order valence-electron chi connectivity index (χ2n) is 15.5. The van der Waals surface area contributed by atoms with Gasteiger partial charge in [0.15, 0.2) is 0 Å². The molecule has 0 radical (unpaired) electrons. The summed E-state index contributed by atoms with van der Waals surface area (Å²) in [5.41, 5.74) is 0. The fourth-order valence-electron chi connectivity index (χ4n) is 6.91. The maximum atomic E-state index is 12.0. The SMILES string of the molecule is CCCCCCCCCCCCCCCCCCCCCCCCCCOC(=O)CCCCCCCCCCCCCCC(C)C. The molecule has 0 fully saturated rings. The van der Waals surface area contributed by atoms with Crippen LogP contribution in [0.4, 0.5) is 0 Å². The van der Waals surface area contributed by atoms with Gasteiger partial charge in [0.05, 0.1) is 6.61 Å². The van der Waals surface area contributed by atoms with E-state index in [1.807, 2.05) is 0 Å². The van der Waals surface area contributed by atoms with Crippen molar-refractivity contribution >= 4 is 5.97 Å². The molecule has 0 atom stereocenters. The molecule has 0 bridgehead atoms. The Morgan fingerprint density at radius 2 is 0.630 bits per heavy atom. The third-order valence-corrected chi connectivity index (χ3v) is 10.2. The van der Waals surface area contributed by atoms with Gasteiger partial charge in [-0.25, -0.2) is 0 Å². The van der Waals surface area contributed by atoms with E-state index in [1.165, 1.54) is 225 Å². The molecule has 0 N–H and O–H groups in total. The minimum absolute atomic E-state index is 0.0301. The lowest BCUT2D eigenvalue weighted by Crippen LogP contribution is -2.05. The van der Waals surface area contributed by atoms with Crippen LogP contribution in [0.15, 0.2) is 0 Å². The first-order valence-corrected chi connectivity index (χ1v) is 21.8. The van der Waals surface area contributed by atoms with Crippen LogP contribution in [0.2, 0.25) is 0 Å². The standard InChI is InChI=1S/C44H88O2/c1-4-5-6-7-8-9-10-11-12-13-14-15-16-17-18-19-20-21-24-27-30-33-36-39-42-46-44(45)41-38-35-32-29-26-23-22-25-28-31-34-37-40-43(2)3/h43H,4-42H2,1-3H3. The molecule has 276 valence electrons. The topological polar surface area (TPSA) is 26.3 Å². The second-order valence-corrected chi connectivity index (χ2v) is 15.5. The average molecular weight is 649 g/mol. The van der Waals surface area contributed by atoms with Crippen LogP contribution in [0.25, 0.3) is 0 Å². The highest BCUT2D eigenvalue weighted by atomic mass is 16.5. The molecule has 0 aliphatic heterocycles. The summed E-state index contributed by atoms with van der Waals surface area (Å²) in [7, 11) is 0. The minimum atomic E-state index is 0.0301. The van der Waals surface area contributed by atoms with Crippen molar-refractivity contribution in [3.8, 4) is 0 Å². The van der Waals surface area contributed by atoms with Crippen molar-refractivity contribution in [3.05, 3.63) is 0 Å². The molecular formula is C44H88O2. The monoisotopic (exact) mass is 649 g/mol. The maximum Gasteiger partial charge on any atom is 0.305 e. The molecule has 2 heteroatoms. The fraction of sp³-hybridized carbons (Fsp3) is 0.977. The lowest BCUT2D eigenvalue weighted by atomic mass is 10.0. The molecule has 0 aliphatic rings. The average Bonchev–Trinajstić information content (AvgIpc) is 3.04. The van der Waals surface area contributed by atoms with Crippen molar-refractivity contribution in [1.29, 1.82) is 0 Å². The molecule has 0 aromatic heterocycles. The van der Waals surface area contributed by atoms with Gasteiger partial charge in [0, 0.05) is 6.42 Å². The summed E-state index contributed by atoms with van der Waals surface area (Å²) >= 11 is 0. The van der Waals surface area contributed by atoms with Gasteiger partial charge in [-0.15, -0.1) is 0 Å². The number of rotatable bonds is 40. The predicted molar refractivity (Wildman–Crippen MR) is 207 cm³/mol. The maximum absolute atomic E-state index is 12.0. The summed E-state index contributed by atoms with van der Waals surface area (Å²) < 4.78 is 5.47. The highest BCUT2D eigenvalue weighted by molar-refractivity contribution is 5.69. The highest BCUT2D eigenvalue weighted by Gasteiger charge is 2.03. The van der Waals surface area contributed by atoms with E-state index in [1.54, 1.807) is 0 Å². The molecule has 0 aromatic rings. The summed E-state index contributed by atoms with van der Waals surface area (Å²) in [6.45, 7) is 7.60. The first kappa shape index (κ1) is 45.5. The van der Waals surface area contributed by atoms with E-state index in [0.717, 1.165) is 18.8 Å². The van der Waals surface area contributed by atoms with Gasteiger partial charge in [0.2, 0.25) is 0 Å². The number of esters is 1. The normalized spacial score (nSPS) is 11.6. The first-order valence-electron chi connectivity index (χ1n) is 21.8. The molecule has 0 amide bonds. The van der Waals surface area contributed by atoms with Gasteiger partial charge in [0.1, 0.15) is 0 Å². The Bertz CT molecular complexity index is 556. The lowest BCUT2D eigenvalue weighted by Gasteiger charge is -2.06. The van der Waals surface area contributed by atoms with Gasteiger partial charge in [-0.05, 0) is 18.8 Å². The van der Waals surface area contributed by atoms with Crippen LogP contribution < -0.4 is 0 Å². The molecule has 46 heavy (non-hydrogen) atoms. The van der Waals surface area contributed by atoms with Gasteiger partial charge in [-0.3, -0.25) is 4.79 Å². The quantitative estimate of drug-likeness (QED) is 0.0488. The predicted octanol–water partition coefficient (Wildman–Crippen LogP) is 16.0. The van der Waals surface area contributed by atoms with E-state index in [-0.39, 0.29) is 5.97 Å². The van der Waals surface area contributed by atoms with Crippen LogP contribution in [0.1, 0.15) is 265 Å². The smallest absolute Gasteiger partial charge is 0.305 e. The Labute approximate surface area is 292 Å². The zero-order valence-electron chi connectivity index (χ0n) is 32.5. The molecule has 0 unspecified atom stereocenters. The number of ether oxygens (including phenoxy) is 1. The number of unbranched alkanes of at least 4 members (excludes halogenated alkanes) is 34. The van der Waals surface area contributed by atoms with Gasteiger partial charge >= 0.3 is 5.97 Å². The molecule has 2 nitrogen and oxygen atoms in total. The Morgan fingerprint density at radius 1 is 0.370 bits per heavy atom. The Hall–Kier alpha value is -0.530. The van der Waals surface area contributed by atoms with Gasteiger partial charge in [-0.1, -0.05) is 245 Å². The zero-order valence-corrected chi connectivity index (χ0v) is 32.5. The summed E-state index contributed by atoms with van der Waals surface area (Å²) in [6.07, 6.45) is 52.0. The number of hydrogen-bond donors (Lipinski definition) is 0. The Morgan fingerprint density at radius 3 is 0.935 bits per heavy atom. The summed E-state index contributed by atoms with van der Waals surface area (Å²) in [5.74, 6) is 0.899. The van der Waals surface area contributed by atoms with Gasteiger partial charge in [0.25, 0.3) is 0 Å². The minimum Gasteiger partial charge on any atom is -0.466 e. The summed E-state index contributed by atoms with van der Waals surface area (Å²) in [5, 5.41) is 0. The van der Waals surface area contributed by atoms with E-state index < -0.39 is 0 Å². The highest BCUT2D eigenvalue weighted by Crippen LogP contribution is 2.17. The molecule has 0 saturated carbocycles. The third-order valence-electron chi connectivity index (χ3n) is 10.2. The van der Waals surface area contributed by atoms with Crippen LogP contribution in [0, 0.1) is 5.92 Å². The van der Waals surface area contributed by atoms with Crippen molar-refractivity contribution in [2.24, 2.45) is 5.92 Å². The van der Waals surface area contributed by atoms with Crippen molar-refractivity contribution in [1.82, 2.24) is 0 Å². The van der Waals surface area contributed by atoms with Crippen LogP contribution in [0.5, 0.6) is 0 Å². The molecule has 0 rings (SSSR count).